The van der Waals surface area contributed by atoms with E-state index in [-0.39, 0.29) is 6.61 Å². The first kappa shape index (κ1) is 9.58. The second-order valence-electron chi connectivity index (χ2n) is 2.64. The van der Waals surface area contributed by atoms with Crippen LogP contribution in [0.15, 0.2) is 0 Å². The van der Waals surface area contributed by atoms with Crippen LogP contribution in [0.25, 0.3) is 0 Å². The van der Waals surface area contributed by atoms with Gasteiger partial charge in [-0.05, 0) is 13.8 Å². The summed E-state index contributed by atoms with van der Waals surface area (Å²) in [6, 6.07) is 0. The zero-order chi connectivity index (χ0) is 8.74. The summed E-state index contributed by atoms with van der Waals surface area (Å²) in [6.07, 6.45) is 3.66. The average Bonchev–Trinajstić information content (AvgIpc) is 1.87. The second kappa shape index (κ2) is 4.40. The fourth-order valence-electron chi connectivity index (χ4n) is 0.517. The molecule has 0 radical (unpaired) electrons. The summed E-state index contributed by atoms with van der Waals surface area (Å²) in [6.45, 7) is 3.80. The molecular formula is C7H10N2O2. The highest BCUT2D eigenvalue weighted by Crippen LogP contribution is 2.12. The minimum absolute atomic E-state index is 0.283. The van der Waals surface area contributed by atoms with Crippen LogP contribution < -0.4 is 0 Å². The SMILES string of the molecule is CC(C)(CCOC#N)OC#N. The fraction of sp³-hybridized carbons (Fsp3) is 0.714. The second-order valence-corrected chi connectivity index (χ2v) is 2.64. The third kappa shape index (κ3) is 5.05. The van der Waals surface area contributed by atoms with Crippen LogP contribution in [0.5, 0.6) is 0 Å². The molecule has 0 unspecified atom stereocenters. The summed E-state index contributed by atoms with van der Waals surface area (Å²) >= 11 is 0. The van der Waals surface area contributed by atoms with E-state index in [0.717, 1.165) is 0 Å². The number of hydrogen-bond donors (Lipinski definition) is 0. The predicted molar refractivity (Wildman–Crippen MR) is 37.0 cm³/mol. The van der Waals surface area contributed by atoms with Crippen molar-refractivity contribution in [1.82, 2.24) is 0 Å². The maximum absolute atomic E-state index is 8.18. The van der Waals surface area contributed by atoms with E-state index in [9.17, 15) is 0 Å². The van der Waals surface area contributed by atoms with Gasteiger partial charge in [0.15, 0.2) is 0 Å². The van der Waals surface area contributed by atoms with Crippen LogP contribution in [-0.4, -0.2) is 12.2 Å². The molecule has 0 N–H and O–H groups in total. The van der Waals surface area contributed by atoms with Crippen LogP contribution >= 0.6 is 0 Å². The predicted octanol–water partition coefficient (Wildman–Crippen LogP) is 1.15. The topological polar surface area (TPSA) is 66.0 Å². The number of ether oxygens (including phenoxy) is 2. The molecule has 0 heterocycles. The van der Waals surface area contributed by atoms with Crippen LogP contribution in [0, 0.1) is 23.0 Å². The first-order valence-electron chi connectivity index (χ1n) is 3.20. The summed E-state index contributed by atoms with van der Waals surface area (Å²) in [5.41, 5.74) is -0.536. The van der Waals surface area contributed by atoms with Crippen molar-refractivity contribution in [2.45, 2.75) is 25.9 Å². The van der Waals surface area contributed by atoms with Crippen LogP contribution in [0.3, 0.4) is 0 Å². The van der Waals surface area contributed by atoms with Gasteiger partial charge in [0.25, 0.3) is 12.5 Å². The first-order chi connectivity index (χ1) is 5.12. The van der Waals surface area contributed by atoms with Crippen molar-refractivity contribution in [2.24, 2.45) is 0 Å². The highest BCUT2D eigenvalue weighted by atomic mass is 16.5. The van der Waals surface area contributed by atoms with Gasteiger partial charge in [0.05, 0.1) is 0 Å². The zero-order valence-corrected chi connectivity index (χ0v) is 6.63. The van der Waals surface area contributed by atoms with Gasteiger partial charge in [-0.25, -0.2) is 0 Å². The van der Waals surface area contributed by atoms with Crippen molar-refractivity contribution in [3.05, 3.63) is 0 Å². The van der Waals surface area contributed by atoms with E-state index in [4.69, 9.17) is 15.3 Å². The highest BCUT2D eigenvalue weighted by molar-refractivity contribution is 4.72. The minimum Gasteiger partial charge on any atom is -0.427 e. The molecular weight excluding hydrogens is 144 g/mol. The van der Waals surface area contributed by atoms with Crippen molar-refractivity contribution >= 4 is 0 Å². The van der Waals surface area contributed by atoms with E-state index in [1.807, 2.05) is 0 Å². The van der Waals surface area contributed by atoms with Crippen LogP contribution in [0.4, 0.5) is 0 Å². The number of nitriles is 2. The molecule has 60 valence electrons. The van der Waals surface area contributed by atoms with Crippen LogP contribution in [0.2, 0.25) is 0 Å². The van der Waals surface area contributed by atoms with E-state index >= 15 is 0 Å². The molecule has 0 aliphatic heterocycles. The Balaban J connectivity index is 3.58. The molecule has 11 heavy (non-hydrogen) atoms. The van der Waals surface area contributed by atoms with E-state index < -0.39 is 5.60 Å². The molecule has 4 heteroatoms. The molecule has 0 aromatic heterocycles. The van der Waals surface area contributed by atoms with Crippen molar-refractivity contribution in [3.63, 3.8) is 0 Å². The Labute approximate surface area is 65.9 Å². The number of nitrogens with zero attached hydrogens (tertiary/aromatic N) is 2. The summed E-state index contributed by atoms with van der Waals surface area (Å²) in [7, 11) is 0. The van der Waals surface area contributed by atoms with Crippen LogP contribution in [0.1, 0.15) is 20.3 Å². The molecule has 0 amide bonds. The van der Waals surface area contributed by atoms with E-state index in [1.54, 1.807) is 26.4 Å². The van der Waals surface area contributed by atoms with Gasteiger partial charge in [0.1, 0.15) is 12.2 Å². The molecule has 0 saturated heterocycles. The molecule has 0 aromatic carbocycles. The van der Waals surface area contributed by atoms with Gasteiger partial charge < -0.3 is 9.47 Å². The molecule has 0 atom stereocenters. The lowest BCUT2D eigenvalue weighted by Crippen LogP contribution is -2.23. The van der Waals surface area contributed by atoms with Crippen LogP contribution in [-0.2, 0) is 9.47 Å². The monoisotopic (exact) mass is 154 g/mol. The molecule has 0 aliphatic carbocycles. The largest absolute Gasteiger partial charge is 0.427 e. The third-order valence-corrected chi connectivity index (χ3v) is 1.19. The van der Waals surface area contributed by atoms with Crippen molar-refractivity contribution in [2.75, 3.05) is 6.61 Å². The van der Waals surface area contributed by atoms with Gasteiger partial charge in [0, 0.05) is 6.42 Å². The maximum atomic E-state index is 8.18. The number of hydrogen-bond acceptors (Lipinski definition) is 4. The summed E-state index contributed by atoms with van der Waals surface area (Å²) in [4.78, 5) is 0. The molecule has 0 aromatic rings. The van der Waals surface area contributed by atoms with Crippen molar-refractivity contribution in [1.29, 1.82) is 10.5 Å². The zero-order valence-electron chi connectivity index (χ0n) is 6.63. The Hall–Kier alpha value is -1.42. The van der Waals surface area contributed by atoms with E-state index in [2.05, 4.69) is 4.74 Å². The Morgan fingerprint density at radius 3 is 2.36 bits per heavy atom. The Bertz CT molecular complexity index is 188. The van der Waals surface area contributed by atoms with Gasteiger partial charge in [-0.1, -0.05) is 0 Å². The van der Waals surface area contributed by atoms with E-state index in [0.29, 0.717) is 6.42 Å². The smallest absolute Gasteiger partial charge is 0.286 e. The van der Waals surface area contributed by atoms with Crippen molar-refractivity contribution < 1.29 is 9.47 Å². The lowest BCUT2D eigenvalue weighted by atomic mass is 10.1. The minimum atomic E-state index is -0.536. The molecule has 0 spiro atoms. The Kier molecular flexibility index (Phi) is 3.84. The van der Waals surface area contributed by atoms with Gasteiger partial charge in [-0.3, -0.25) is 0 Å². The van der Waals surface area contributed by atoms with E-state index in [1.165, 1.54) is 0 Å². The average molecular weight is 154 g/mol. The summed E-state index contributed by atoms with van der Waals surface area (Å²) in [5.74, 6) is 0. The third-order valence-electron chi connectivity index (χ3n) is 1.19. The Morgan fingerprint density at radius 1 is 1.27 bits per heavy atom. The molecule has 0 fully saturated rings. The lowest BCUT2D eigenvalue weighted by Gasteiger charge is -2.19. The highest BCUT2D eigenvalue weighted by Gasteiger charge is 2.18. The first-order valence-corrected chi connectivity index (χ1v) is 3.20. The van der Waals surface area contributed by atoms with Gasteiger partial charge in [-0.15, -0.1) is 0 Å². The van der Waals surface area contributed by atoms with Gasteiger partial charge in [0.2, 0.25) is 0 Å². The molecule has 0 aliphatic rings. The maximum Gasteiger partial charge on any atom is 0.286 e. The standard InChI is InChI=1S/C7H10N2O2/c1-7(2,11-6-9)3-4-10-5-8/h3-4H2,1-2H3. The molecule has 0 bridgehead atoms. The summed E-state index contributed by atoms with van der Waals surface area (Å²) < 4.78 is 9.12. The lowest BCUT2D eigenvalue weighted by molar-refractivity contribution is 0.0447. The fourth-order valence-corrected chi connectivity index (χ4v) is 0.517. The molecule has 0 saturated carbocycles. The number of rotatable bonds is 4. The Morgan fingerprint density at radius 2 is 1.91 bits per heavy atom. The van der Waals surface area contributed by atoms with Gasteiger partial charge >= 0.3 is 0 Å². The molecule has 0 rings (SSSR count). The van der Waals surface area contributed by atoms with Gasteiger partial charge in [-0.2, -0.15) is 10.5 Å². The molecule has 4 nitrogen and oxygen atoms in total. The normalized spacial score (nSPS) is 9.45. The quantitative estimate of drug-likeness (QED) is 0.450. The van der Waals surface area contributed by atoms with Crippen molar-refractivity contribution in [3.8, 4) is 12.5 Å². The summed E-state index contributed by atoms with van der Waals surface area (Å²) in [5, 5.41) is 16.2.